The normalized spacial score (nSPS) is 16.4. The number of piperidine rings is 1. The van der Waals surface area contributed by atoms with Crippen molar-refractivity contribution in [1.82, 2.24) is 19.7 Å². The zero-order chi connectivity index (χ0) is 85.0. The van der Waals surface area contributed by atoms with Crippen LogP contribution >= 0.6 is 0 Å². The molecule has 9 aromatic carbocycles. The maximum absolute atomic E-state index is 14.3. The highest BCUT2D eigenvalue weighted by Crippen LogP contribution is 2.39. The molecule has 0 bridgehead atoms. The number of anilines is 3. The van der Waals surface area contributed by atoms with Crippen LogP contribution in [-0.2, 0) is 18.4 Å². The van der Waals surface area contributed by atoms with Gasteiger partial charge in [0.15, 0.2) is 31.4 Å². The van der Waals surface area contributed by atoms with Crippen molar-refractivity contribution in [3.8, 4) is 51.6 Å². The predicted octanol–water partition coefficient (Wildman–Crippen LogP) is 18.5. The van der Waals surface area contributed by atoms with Gasteiger partial charge < -0.3 is 52.8 Å². The number of para-hydroxylation sites is 5. The number of halogens is 2. The minimum Gasteiger partial charge on any atom is -0.495 e. The zero-order valence-corrected chi connectivity index (χ0v) is 69.6. The highest BCUT2D eigenvalue weighted by Gasteiger charge is 2.38. The Bertz CT molecular complexity index is 5280. The van der Waals surface area contributed by atoms with Crippen molar-refractivity contribution in [2.24, 2.45) is 13.0 Å². The fraction of sp³-hybridized carbons (Fsp3) is 0.306. The average Bonchev–Trinajstić information content (AvgIpc) is 1.67. The largest absolute Gasteiger partial charge is 0.495 e. The van der Waals surface area contributed by atoms with Crippen molar-refractivity contribution in [3.63, 3.8) is 0 Å². The third kappa shape index (κ3) is 22.4. The van der Waals surface area contributed by atoms with Crippen LogP contribution in [0.2, 0.25) is 0 Å². The van der Waals surface area contributed by atoms with Crippen molar-refractivity contribution in [2.75, 3.05) is 88.0 Å². The number of ether oxygens (including phenoxy) is 7. The summed E-state index contributed by atoms with van der Waals surface area (Å²) < 4.78 is 70.6. The zero-order valence-electron chi connectivity index (χ0n) is 69.6. The van der Waals surface area contributed by atoms with Crippen LogP contribution in [-0.4, -0.2) is 148 Å². The number of hydrogen-bond donors (Lipinski definition) is 0. The Labute approximate surface area is 701 Å². The molecule has 0 N–H and O–H groups in total. The summed E-state index contributed by atoms with van der Waals surface area (Å²) in [5.41, 5.74) is 13.9. The Hall–Kier alpha value is -13.0. The lowest BCUT2D eigenvalue weighted by molar-refractivity contribution is -0.128. The molecular weight excluding hydrogens is 1520 g/mol. The number of methoxy groups -OCH3 is 2. The fourth-order valence-corrected chi connectivity index (χ4v) is 15.7. The monoisotopic (exact) mass is 1630 g/mol. The number of nitrogens with zero attached hydrogens (tertiary/aromatic N) is 7. The third-order valence-electron chi connectivity index (χ3n) is 22.2. The molecule has 4 saturated heterocycles. The molecule has 0 saturated carbocycles. The van der Waals surface area contributed by atoms with E-state index < -0.39 is 11.6 Å². The van der Waals surface area contributed by atoms with E-state index in [2.05, 4.69) is 61.2 Å². The smallest absolute Gasteiger partial charge is 0.219 e. The molecule has 1 unspecified atom stereocenters. The Balaban J connectivity index is 0.000000147. The second-order valence-corrected chi connectivity index (χ2v) is 30.0. The van der Waals surface area contributed by atoms with Gasteiger partial charge in [0.25, 0.3) is 0 Å². The quantitative estimate of drug-likeness (QED) is 0.0461. The van der Waals surface area contributed by atoms with Crippen LogP contribution in [0.5, 0.6) is 40.2 Å². The molecule has 5 atom stereocenters. The van der Waals surface area contributed by atoms with E-state index in [-0.39, 0.29) is 42.1 Å². The van der Waals surface area contributed by atoms with Gasteiger partial charge in [-0.05, 0) is 204 Å². The van der Waals surface area contributed by atoms with Crippen LogP contribution in [0.4, 0.5) is 25.8 Å². The van der Waals surface area contributed by atoms with Gasteiger partial charge in [-0.3, -0.25) is 38.4 Å². The highest BCUT2D eigenvalue weighted by molar-refractivity contribution is 5.84. The van der Waals surface area contributed by atoms with Crippen LogP contribution in [0.1, 0.15) is 142 Å². The second kappa shape index (κ2) is 43.5. The van der Waals surface area contributed by atoms with Gasteiger partial charge in [0, 0.05) is 82.2 Å². The number of pyridine rings is 1. The van der Waals surface area contributed by atoms with Crippen molar-refractivity contribution < 1.29 is 70.7 Å². The van der Waals surface area contributed by atoms with E-state index in [1.165, 1.54) is 25.1 Å². The molecule has 20 nitrogen and oxygen atoms in total. The standard InChI is InChI=1S/C21H21F2NO3.2C20H23NO3.C19H21NO2.C18H17N3O2/c1-13-4-3-5-21(19(13)11-25)27-12-15-9-24(14(2)26)10-18(15)17-8-16(22)6-7-20(17)23;1-15-7-5-11-19(17(15)13-22)24-14-16-8-6-12-21(16)18-9-3-4-10-20(18)23-2;1-15-7-5-11-19(17(15)14-22)24-16-8-6-12-21(13-16)18-9-3-4-10-20(18)23-2;1-15-7-5-11-19(18(15)13-21)22-14-17-10-6-12-20(17)16-8-3-2-4-9-16;1-13-5-3-7-17(15(13)11-22)23-12-14-6-4-9-19-18(14)16-8-10-20-21(16)2/h3-8,11,15,18H,9-10,12H2,1-2H3;3-5,7,9-11,13,16H,6,8,12,14H2,1-2H3;3-5,7,9-11,14,16H,6,8,12-13H2,1-2H3;2-5,7-9,11,13,17H,6,10,12,14H2,1H3;3-11H,12H2,1-2H3/t15-,18+;16-;;17-;/m00.1./s1. The number of aryl methyl sites for hydroxylation is 6. The van der Waals surface area contributed by atoms with Gasteiger partial charge >= 0.3 is 0 Å². The predicted molar refractivity (Wildman–Crippen MR) is 464 cm³/mol. The van der Waals surface area contributed by atoms with Crippen molar-refractivity contribution in [3.05, 3.63) is 297 Å². The summed E-state index contributed by atoms with van der Waals surface area (Å²) in [7, 11) is 5.27. The molecule has 4 aliphatic heterocycles. The van der Waals surface area contributed by atoms with Crippen molar-refractivity contribution in [1.29, 1.82) is 0 Å². The maximum atomic E-state index is 14.3. The van der Waals surface area contributed by atoms with E-state index in [0.717, 1.165) is 169 Å². The Morgan fingerprint density at radius 3 is 1.48 bits per heavy atom. The number of benzene rings is 9. The first-order valence-corrected chi connectivity index (χ1v) is 40.5. The van der Waals surface area contributed by atoms with E-state index in [1.54, 1.807) is 54.4 Å². The van der Waals surface area contributed by atoms with Crippen LogP contribution < -0.4 is 47.9 Å². The lowest BCUT2D eigenvalue weighted by Crippen LogP contribution is -2.41. The number of rotatable bonds is 26. The molecule has 4 aliphatic rings. The molecule has 624 valence electrons. The molecular formula is C98H105F2N7O13. The molecule has 6 heterocycles. The topological polar surface area (TPSA) is 211 Å². The molecule has 0 aliphatic carbocycles. The minimum atomic E-state index is -0.519. The van der Waals surface area contributed by atoms with E-state index in [1.807, 2.05) is 175 Å². The summed E-state index contributed by atoms with van der Waals surface area (Å²) in [6, 6.07) is 64.4. The van der Waals surface area contributed by atoms with Crippen LogP contribution in [0.25, 0.3) is 11.4 Å². The maximum Gasteiger partial charge on any atom is 0.219 e. The summed E-state index contributed by atoms with van der Waals surface area (Å²) in [5, 5.41) is 4.18. The lowest BCUT2D eigenvalue weighted by Gasteiger charge is -2.35. The first kappa shape index (κ1) is 87.8. The van der Waals surface area contributed by atoms with Gasteiger partial charge in [0.1, 0.15) is 77.8 Å². The molecule has 0 spiro atoms. The summed E-state index contributed by atoms with van der Waals surface area (Å²) in [4.78, 5) is 81.4. The Morgan fingerprint density at radius 1 is 0.467 bits per heavy atom. The number of carbonyl (C=O) groups is 6. The Morgan fingerprint density at radius 2 is 0.942 bits per heavy atom. The number of aldehydes is 5. The highest BCUT2D eigenvalue weighted by atomic mass is 19.1. The molecule has 11 aromatic rings. The third-order valence-corrected chi connectivity index (χ3v) is 22.2. The number of hydrogen-bond acceptors (Lipinski definition) is 18. The summed E-state index contributed by atoms with van der Waals surface area (Å²) in [5.74, 6) is 3.09. The summed E-state index contributed by atoms with van der Waals surface area (Å²) >= 11 is 0. The van der Waals surface area contributed by atoms with Gasteiger partial charge in [-0.25, -0.2) is 8.78 Å². The number of amides is 1. The average molecular weight is 1630 g/mol. The summed E-state index contributed by atoms with van der Waals surface area (Å²) in [6.07, 6.45) is 14.3. The van der Waals surface area contributed by atoms with Gasteiger partial charge in [0.05, 0.1) is 90.0 Å². The fourth-order valence-electron chi connectivity index (χ4n) is 15.7. The van der Waals surface area contributed by atoms with E-state index >= 15 is 0 Å². The van der Waals surface area contributed by atoms with Gasteiger partial charge in [0.2, 0.25) is 5.91 Å². The molecule has 0 radical (unpaired) electrons. The van der Waals surface area contributed by atoms with Crippen LogP contribution in [0, 0.1) is 52.2 Å². The van der Waals surface area contributed by atoms with E-state index in [0.29, 0.717) is 95.5 Å². The summed E-state index contributed by atoms with van der Waals surface area (Å²) in [6.45, 7) is 17.1. The van der Waals surface area contributed by atoms with E-state index in [9.17, 15) is 37.5 Å². The van der Waals surface area contributed by atoms with Gasteiger partial charge in [-0.1, -0.05) is 109 Å². The SMILES string of the molecule is CC(=O)N1C[C@@H](COc2cccc(C)c2C=O)[C@H](c2cc(F)ccc2F)C1.COc1ccccc1N1CCCC(Oc2cccc(C)c2C=O)C1.COc1ccccc1N1CCC[C@H]1COc1cccc(C)c1C=O.Cc1cccc(OC[C@H]2CCCN2c2ccccc2)c1C=O.Cc1cccc(OCc2cccnc2-c2ccnn2C)c1C=O. The number of likely N-dealkylation sites (tertiary alicyclic amines) is 1. The molecule has 1 amide bonds. The van der Waals surface area contributed by atoms with Crippen LogP contribution in [0.3, 0.4) is 0 Å². The molecule has 120 heavy (non-hydrogen) atoms. The van der Waals surface area contributed by atoms with Crippen molar-refractivity contribution in [2.45, 2.75) is 111 Å². The molecule has 22 heteroatoms. The molecule has 4 fully saturated rings. The van der Waals surface area contributed by atoms with Crippen molar-refractivity contribution >= 4 is 54.4 Å². The molecule has 2 aromatic heterocycles. The first-order valence-electron chi connectivity index (χ1n) is 40.5. The second-order valence-electron chi connectivity index (χ2n) is 30.0. The molecule has 15 rings (SSSR count). The number of carbonyl (C=O) groups excluding carboxylic acids is 6. The van der Waals surface area contributed by atoms with Crippen LogP contribution in [0.15, 0.2) is 219 Å². The van der Waals surface area contributed by atoms with Gasteiger partial charge in [-0.2, -0.15) is 5.10 Å². The Kier molecular flexibility index (Phi) is 31.8. The first-order chi connectivity index (χ1) is 58.4. The van der Waals surface area contributed by atoms with E-state index in [4.69, 9.17) is 33.2 Å². The van der Waals surface area contributed by atoms with Gasteiger partial charge in [-0.15, -0.1) is 0 Å². The lowest BCUT2D eigenvalue weighted by atomic mass is 9.89. The minimum absolute atomic E-state index is 0.0594. The number of aromatic nitrogens is 3.